The Bertz CT molecular complexity index is 374. The summed E-state index contributed by atoms with van der Waals surface area (Å²) < 4.78 is 0. The Kier molecular flexibility index (Phi) is 4.55. The lowest BCUT2D eigenvalue weighted by atomic mass is 9.93. The Hall–Kier alpha value is -0.610. The first-order chi connectivity index (χ1) is 10.1. The molecule has 4 nitrogen and oxygen atoms in total. The van der Waals surface area contributed by atoms with Gasteiger partial charge in [0.25, 0.3) is 0 Å². The third kappa shape index (κ3) is 4.68. The topological polar surface area (TPSA) is 58.4 Å². The molecule has 3 aliphatic rings. The van der Waals surface area contributed by atoms with Crippen LogP contribution in [0, 0.1) is 5.92 Å². The molecule has 3 N–H and O–H groups in total. The first kappa shape index (κ1) is 15.3. The van der Waals surface area contributed by atoms with Gasteiger partial charge in [-0.05, 0) is 77.2 Å². The van der Waals surface area contributed by atoms with Crippen LogP contribution in [0.2, 0.25) is 0 Å². The van der Waals surface area contributed by atoms with Gasteiger partial charge in [0.2, 0.25) is 5.91 Å². The first-order valence-electron chi connectivity index (χ1n) is 8.88. The van der Waals surface area contributed by atoms with Crippen LogP contribution in [0.4, 0.5) is 0 Å². The van der Waals surface area contributed by atoms with Crippen molar-refractivity contribution in [2.24, 2.45) is 11.7 Å². The van der Waals surface area contributed by atoms with Gasteiger partial charge in [-0.25, -0.2) is 0 Å². The SMILES string of the molecule is CC(CCCCN(CC1CC1)C1CC1)(NC1CC1)C(N)=O. The lowest BCUT2D eigenvalue weighted by Gasteiger charge is -2.28. The van der Waals surface area contributed by atoms with Crippen LogP contribution in [0.15, 0.2) is 0 Å². The second-order valence-corrected chi connectivity index (χ2v) is 7.74. The maximum Gasteiger partial charge on any atom is 0.237 e. The normalized spacial score (nSPS) is 25.0. The molecule has 0 aliphatic heterocycles. The monoisotopic (exact) mass is 293 g/mol. The largest absolute Gasteiger partial charge is 0.368 e. The van der Waals surface area contributed by atoms with Crippen LogP contribution in [0.1, 0.15) is 64.7 Å². The summed E-state index contributed by atoms with van der Waals surface area (Å²) in [5, 5.41) is 3.44. The number of carbonyl (C=O) groups excluding carboxylic acids is 1. The molecule has 3 saturated carbocycles. The fourth-order valence-corrected chi connectivity index (χ4v) is 3.23. The Morgan fingerprint density at radius 1 is 1.19 bits per heavy atom. The summed E-state index contributed by atoms with van der Waals surface area (Å²) in [4.78, 5) is 14.4. The van der Waals surface area contributed by atoms with E-state index in [1.54, 1.807) is 0 Å². The summed E-state index contributed by atoms with van der Waals surface area (Å²) in [6.45, 7) is 4.51. The second kappa shape index (κ2) is 6.25. The van der Waals surface area contributed by atoms with E-state index in [1.807, 2.05) is 6.92 Å². The Morgan fingerprint density at radius 2 is 1.90 bits per heavy atom. The smallest absolute Gasteiger partial charge is 0.237 e. The van der Waals surface area contributed by atoms with Gasteiger partial charge in [-0.15, -0.1) is 0 Å². The minimum absolute atomic E-state index is 0.188. The number of nitrogens with two attached hydrogens (primary N) is 1. The third-order valence-electron chi connectivity index (χ3n) is 5.27. The highest BCUT2D eigenvalue weighted by atomic mass is 16.1. The molecule has 0 spiro atoms. The summed E-state index contributed by atoms with van der Waals surface area (Å²) in [6.07, 6.45) is 11.2. The summed E-state index contributed by atoms with van der Waals surface area (Å²) in [5.41, 5.74) is 5.11. The Balaban J connectivity index is 1.37. The number of carbonyl (C=O) groups is 1. The lowest BCUT2D eigenvalue weighted by Crippen LogP contribution is -2.54. The van der Waals surface area contributed by atoms with Gasteiger partial charge in [0, 0.05) is 18.6 Å². The quantitative estimate of drug-likeness (QED) is 0.573. The average molecular weight is 293 g/mol. The van der Waals surface area contributed by atoms with E-state index in [-0.39, 0.29) is 5.91 Å². The fourth-order valence-electron chi connectivity index (χ4n) is 3.23. The lowest BCUT2D eigenvalue weighted by molar-refractivity contribution is -0.124. The van der Waals surface area contributed by atoms with Gasteiger partial charge in [0.15, 0.2) is 0 Å². The maximum atomic E-state index is 11.7. The maximum absolute atomic E-state index is 11.7. The molecular weight excluding hydrogens is 262 g/mol. The Labute approximate surface area is 128 Å². The molecule has 0 bridgehead atoms. The highest BCUT2D eigenvalue weighted by molar-refractivity contribution is 5.84. The number of rotatable bonds is 11. The Morgan fingerprint density at radius 3 is 2.43 bits per heavy atom. The molecule has 0 radical (unpaired) electrons. The molecule has 120 valence electrons. The molecular formula is C17H31N3O. The van der Waals surface area contributed by atoms with Crippen molar-refractivity contribution >= 4 is 5.91 Å². The number of primary amides is 1. The molecule has 0 aromatic carbocycles. The fraction of sp³-hybridized carbons (Fsp3) is 0.941. The zero-order valence-corrected chi connectivity index (χ0v) is 13.4. The van der Waals surface area contributed by atoms with Gasteiger partial charge >= 0.3 is 0 Å². The van der Waals surface area contributed by atoms with Crippen molar-refractivity contribution in [2.45, 2.75) is 82.3 Å². The van der Waals surface area contributed by atoms with E-state index in [4.69, 9.17) is 5.73 Å². The van der Waals surface area contributed by atoms with E-state index in [9.17, 15) is 4.79 Å². The van der Waals surface area contributed by atoms with Gasteiger partial charge in [0.1, 0.15) is 0 Å². The van der Waals surface area contributed by atoms with Crippen molar-refractivity contribution in [1.82, 2.24) is 10.2 Å². The molecule has 3 fully saturated rings. The van der Waals surface area contributed by atoms with Gasteiger partial charge in [-0.3, -0.25) is 4.79 Å². The number of unbranched alkanes of at least 4 members (excludes halogenated alkanes) is 1. The van der Waals surface area contributed by atoms with E-state index in [0.29, 0.717) is 6.04 Å². The van der Waals surface area contributed by atoms with Crippen LogP contribution in [-0.4, -0.2) is 41.5 Å². The van der Waals surface area contributed by atoms with Gasteiger partial charge in [-0.1, -0.05) is 0 Å². The number of nitrogens with one attached hydrogen (secondary N) is 1. The van der Waals surface area contributed by atoms with E-state index in [1.165, 1.54) is 58.0 Å². The third-order valence-corrected chi connectivity index (χ3v) is 5.27. The molecule has 0 heterocycles. The summed E-state index contributed by atoms with van der Waals surface area (Å²) in [6, 6.07) is 1.40. The molecule has 3 rings (SSSR count). The number of hydrogen-bond donors (Lipinski definition) is 2. The average Bonchev–Trinajstić information content (AvgIpc) is 3.21. The first-order valence-corrected chi connectivity index (χ1v) is 8.88. The van der Waals surface area contributed by atoms with E-state index >= 15 is 0 Å². The predicted molar refractivity (Wildman–Crippen MR) is 84.9 cm³/mol. The van der Waals surface area contributed by atoms with Crippen molar-refractivity contribution < 1.29 is 4.79 Å². The molecule has 1 amide bonds. The molecule has 1 unspecified atom stereocenters. The van der Waals surface area contributed by atoms with E-state index in [2.05, 4.69) is 10.2 Å². The summed E-state index contributed by atoms with van der Waals surface area (Å²) in [5.74, 6) is 0.796. The van der Waals surface area contributed by atoms with Crippen LogP contribution in [-0.2, 0) is 4.79 Å². The number of amides is 1. The van der Waals surface area contributed by atoms with E-state index in [0.717, 1.165) is 24.8 Å². The molecule has 3 aliphatic carbocycles. The van der Waals surface area contributed by atoms with Crippen molar-refractivity contribution in [2.75, 3.05) is 13.1 Å². The highest BCUT2D eigenvalue weighted by Crippen LogP contribution is 2.35. The van der Waals surface area contributed by atoms with Crippen molar-refractivity contribution in [1.29, 1.82) is 0 Å². The molecule has 0 saturated heterocycles. The van der Waals surface area contributed by atoms with E-state index < -0.39 is 5.54 Å². The van der Waals surface area contributed by atoms with Crippen molar-refractivity contribution in [3.63, 3.8) is 0 Å². The standard InChI is InChI=1S/C17H31N3O/c1-17(16(18)21,19-14-6-7-14)10-2-3-11-20(15-8-9-15)12-13-4-5-13/h13-15,19H,2-12H2,1H3,(H2,18,21). The minimum Gasteiger partial charge on any atom is -0.368 e. The van der Waals surface area contributed by atoms with Crippen molar-refractivity contribution in [3.8, 4) is 0 Å². The summed E-state index contributed by atoms with van der Waals surface area (Å²) in [7, 11) is 0. The van der Waals surface area contributed by atoms with Gasteiger partial charge in [0.05, 0.1) is 5.54 Å². The molecule has 0 aromatic heterocycles. The molecule has 0 aromatic rings. The van der Waals surface area contributed by atoms with Crippen LogP contribution < -0.4 is 11.1 Å². The zero-order valence-electron chi connectivity index (χ0n) is 13.4. The number of hydrogen-bond acceptors (Lipinski definition) is 3. The molecule has 4 heteroatoms. The van der Waals surface area contributed by atoms with Crippen molar-refractivity contribution in [3.05, 3.63) is 0 Å². The molecule has 21 heavy (non-hydrogen) atoms. The number of nitrogens with zero attached hydrogens (tertiary/aromatic N) is 1. The zero-order chi connectivity index (χ0) is 14.9. The molecule has 1 atom stereocenters. The van der Waals surface area contributed by atoms with Crippen LogP contribution in [0.25, 0.3) is 0 Å². The second-order valence-electron chi connectivity index (χ2n) is 7.74. The van der Waals surface area contributed by atoms with Gasteiger partial charge < -0.3 is 16.0 Å². The summed E-state index contributed by atoms with van der Waals surface area (Å²) >= 11 is 0. The predicted octanol–water partition coefficient (Wildman–Crippen LogP) is 2.03. The minimum atomic E-state index is -0.498. The van der Waals surface area contributed by atoms with Crippen LogP contribution >= 0.6 is 0 Å². The van der Waals surface area contributed by atoms with Gasteiger partial charge in [-0.2, -0.15) is 0 Å². The highest BCUT2D eigenvalue weighted by Gasteiger charge is 2.37. The van der Waals surface area contributed by atoms with Crippen LogP contribution in [0.5, 0.6) is 0 Å². The van der Waals surface area contributed by atoms with Crippen LogP contribution in [0.3, 0.4) is 0 Å².